The number of amides is 1. The highest BCUT2D eigenvalue weighted by Crippen LogP contribution is 2.39. The van der Waals surface area contributed by atoms with Crippen LogP contribution in [0.25, 0.3) is 10.2 Å². The standard InChI is InChI=1S/C20H19ClF3N3O2S/c1-26(2)9-10-27(18(28)12-5-4-6-13(11-12)20(22,23)24)19-25-16-15(29-3)8-7-14(21)17(16)30-19/h4-8,11H,9-10H2,1-3H3. The van der Waals surface area contributed by atoms with Gasteiger partial charge in [0.1, 0.15) is 11.3 Å². The summed E-state index contributed by atoms with van der Waals surface area (Å²) in [6.45, 7) is 0.729. The lowest BCUT2D eigenvalue weighted by atomic mass is 10.1. The van der Waals surface area contributed by atoms with E-state index in [0.717, 1.165) is 12.1 Å². The van der Waals surface area contributed by atoms with Crippen molar-refractivity contribution in [2.75, 3.05) is 39.2 Å². The van der Waals surface area contributed by atoms with Gasteiger partial charge in [-0.15, -0.1) is 0 Å². The predicted octanol–water partition coefficient (Wildman–Crippen LogP) is 5.19. The molecule has 0 aliphatic heterocycles. The molecule has 0 aliphatic carbocycles. The van der Waals surface area contributed by atoms with Crippen molar-refractivity contribution >= 4 is 44.2 Å². The molecule has 0 saturated heterocycles. The molecule has 0 atom stereocenters. The van der Waals surface area contributed by atoms with Gasteiger partial charge in [-0.25, -0.2) is 4.98 Å². The Hall–Kier alpha value is -2.36. The molecule has 0 spiro atoms. The summed E-state index contributed by atoms with van der Waals surface area (Å²) in [6, 6.07) is 7.71. The second kappa shape index (κ2) is 8.79. The number of halogens is 4. The van der Waals surface area contributed by atoms with E-state index in [0.29, 0.717) is 32.7 Å². The molecule has 3 rings (SSSR count). The van der Waals surface area contributed by atoms with E-state index in [4.69, 9.17) is 16.3 Å². The van der Waals surface area contributed by atoms with E-state index in [-0.39, 0.29) is 12.1 Å². The van der Waals surface area contributed by atoms with Gasteiger partial charge >= 0.3 is 6.18 Å². The molecule has 160 valence electrons. The zero-order valence-electron chi connectivity index (χ0n) is 16.5. The molecular formula is C20H19ClF3N3O2S. The molecule has 1 aromatic heterocycles. The van der Waals surface area contributed by atoms with Crippen molar-refractivity contribution in [2.24, 2.45) is 0 Å². The minimum absolute atomic E-state index is 0.0686. The summed E-state index contributed by atoms with van der Waals surface area (Å²) in [5.74, 6) is -0.0759. The second-order valence-corrected chi connectivity index (χ2v) is 8.15. The van der Waals surface area contributed by atoms with E-state index < -0.39 is 17.6 Å². The number of likely N-dealkylation sites (N-methyl/N-ethyl adjacent to an activating group) is 1. The van der Waals surface area contributed by atoms with Gasteiger partial charge in [0.2, 0.25) is 0 Å². The molecule has 0 N–H and O–H groups in total. The first-order chi connectivity index (χ1) is 14.1. The monoisotopic (exact) mass is 457 g/mol. The summed E-state index contributed by atoms with van der Waals surface area (Å²) in [6.07, 6.45) is -4.54. The zero-order chi connectivity index (χ0) is 22.1. The maximum Gasteiger partial charge on any atom is 0.416 e. The summed E-state index contributed by atoms with van der Waals surface area (Å²) >= 11 is 7.46. The van der Waals surface area contributed by atoms with Gasteiger partial charge in [-0.2, -0.15) is 13.2 Å². The number of ether oxygens (including phenoxy) is 1. The summed E-state index contributed by atoms with van der Waals surface area (Å²) in [7, 11) is 5.18. The van der Waals surface area contributed by atoms with Crippen LogP contribution in [-0.4, -0.2) is 50.1 Å². The Morgan fingerprint density at radius 2 is 1.93 bits per heavy atom. The van der Waals surface area contributed by atoms with Gasteiger partial charge in [0, 0.05) is 18.7 Å². The predicted molar refractivity (Wildman–Crippen MR) is 113 cm³/mol. The highest BCUT2D eigenvalue weighted by atomic mass is 35.5. The summed E-state index contributed by atoms with van der Waals surface area (Å²) < 4.78 is 45.3. The summed E-state index contributed by atoms with van der Waals surface area (Å²) in [4.78, 5) is 20.9. The Kier molecular flexibility index (Phi) is 6.54. The van der Waals surface area contributed by atoms with Gasteiger partial charge in [-0.3, -0.25) is 9.69 Å². The number of anilines is 1. The number of rotatable bonds is 6. The van der Waals surface area contributed by atoms with Crippen LogP contribution in [0.2, 0.25) is 5.02 Å². The molecule has 0 unspecified atom stereocenters. The highest BCUT2D eigenvalue weighted by molar-refractivity contribution is 7.23. The van der Waals surface area contributed by atoms with Crippen LogP contribution in [-0.2, 0) is 6.18 Å². The fourth-order valence-electron chi connectivity index (χ4n) is 2.79. The van der Waals surface area contributed by atoms with E-state index >= 15 is 0 Å². The van der Waals surface area contributed by atoms with Gasteiger partial charge in [0.25, 0.3) is 5.91 Å². The first kappa shape index (κ1) is 22.3. The van der Waals surface area contributed by atoms with Gasteiger partial charge in [-0.1, -0.05) is 29.0 Å². The van der Waals surface area contributed by atoms with Crippen molar-refractivity contribution in [2.45, 2.75) is 6.18 Å². The van der Waals surface area contributed by atoms with Crippen LogP contribution >= 0.6 is 22.9 Å². The van der Waals surface area contributed by atoms with Crippen molar-refractivity contribution in [1.29, 1.82) is 0 Å². The third-order valence-corrected chi connectivity index (χ3v) is 5.89. The van der Waals surface area contributed by atoms with E-state index in [2.05, 4.69) is 4.98 Å². The molecule has 5 nitrogen and oxygen atoms in total. The van der Waals surface area contributed by atoms with Crippen molar-refractivity contribution in [3.05, 3.63) is 52.5 Å². The molecule has 2 aromatic carbocycles. The Morgan fingerprint density at radius 1 is 1.20 bits per heavy atom. The molecule has 0 fully saturated rings. The van der Waals surface area contributed by atoms with Crippen molar-refractivity contribution in [1.82, 2.24) is 9.88 Å². The van der Waals surface area contributed by atoms with Crippen LogP contribution in [0, 0.1) is 0 Å². The zero-order valence-corrected chi connectivity index (χ0v) is 18.0. The van der Waals surface area contributed by atoms with Crippen molar-refractivity contribution in [3.63, 3.8) is 0 Å². The molecule has 30 heavy (non-hydrogen) atoms. The minimum atomic E-state index is -4.54. The normalized spacial score (nSPS) is 11.9. The SMILES string of the molecule is COc1ccc(Cl)c2sc(N(CCN(C)C)C(=O)c3cccc(C(F)(F)F)c3)nc12. The van der Waals surface area contributed by atoms with Gasteiger partial charge in [0.05, 0.1) is 22.4 Å². The number of thiazole rings is 1. The van der Waals surface area contributed by atoms with E-state index in [1.54, 1.807) is 12.1 Å². The number of alkyl halides is 3. The van der Waals surface area contributed by atoms with E-state index in [9.17, 15) is 18.0 Å². The lowest BCUT2D eigenvalue weighted by Gasteiger charge is -2.22. The number of aromatic nitrogens is 1. The van der Waals surface area contributed by atoms with Gasteiger partial charge in [0.15, 0.2) is 5.13 Å². The fraction of sp³-hybridized carbons (Fsp3) is 0.300. The number of methoxy groups -OCH3 is 1. The van der Waals surface area contributed by atoms with Crippen LogP contribution in [0.5, 0.6) is 5.75 Å². The molecule has 1 heterocycles. The smallest absolute Gasteiger partial charge is 0.416 e. The molecule has 0 radical (unpaired) electrons. The average molecular weight is 458 g/mol. The Balaban J connectivity index is 2.07. The molecule has 0 bridgehead atoms. The number of hydrogen-bond acceptors (Lipinski definition) is 5. The fourth-order valence-corrected chi connectivity index (χ4v) is 4.07. The summed E-state index contributed by atoms with van der Waals surface area (Å²) in [5.41, 5.74) is -0.451. The number of carbonyl (C=O) groups is 1. The number of fused-ring (bicyclic) bond motifs is 1. The van der Waals surface area contributed by atoms with E-state index in [1.807, 2.05) is 19.0 Å². The van der Waals surface area contributed by atoms with E-state index in [1.165, 1.54) is 35.5 Å². The van der Waals surface area contributed by atoms with Crippen molar-refractivity contribution in [3.8, 4) is 5.75 Å². The largest absolute Gasteiger partial charge is 0.494 e. The molecular weight excluding hydrogens is 439 g/mol. The second-order valence-electron chi connectivity index (χ2n) is 6.76. The van der Waals surface area contributed by atoms with Crippen LogP contribution in [0.3, 0.4) is 0 Å². The molecule has 3 aromatic rings. The van der Waals surface area contributed by atoms with Crippen LogP contribution in [0.1, 0.15) is 15.9 Å². The number of nitrogens with zero attached hydrogens (tertiary/aromatic N) is 3. The maximum atomic E-state index is 13.2. The van der Waals surface area contributed by atoms with Crippen LogP contribution in [0.15, 0.2) is 36.4 Å². The lowest BCUT2D eigenvalue weighted by molar-refractivity contribution is -0.137. The summed E-state index contributed by atoms with van der Waals surface area (Å²) in [5, 5.41) is 0.786. The Morgan fingerprint density at radius 3 is 2.57 bits per heavy atom. The topological polar surface area (TPSA) is 45.7 Å². The van der Waals surface area contributed by atoms with Crippen molar-refractivity contribution < 1.29 is 22.7 Å². The quantitative estimate of drug-likeness (QED) is 0.511. The first-order valence-electron chi connectivity index (χ1n) is 8.88. The number of benzene rings is 2. The Bertz CT molecular complexity index is 1070. The van der Waals surface area contributed by atoms with Gasteiger partial charge < -0.3 is 9.64 Å². The Labute approximate surface area is 180 Å². The van der Waals surface area contributed by atoms with Gasteiger partial charge in [-0.05, 0) is 44.4 Å². The molecule has 0 saturated carbocycles. The average Bonchev–Trinajstić information content (AvgIpc) is 3.13. The first-order valence-corrected chi connectivity index (χ1v) is 10.1. The number of hydrogen-bond donors (Lipinski definition) is 0. The maximum absolute atomic E-state index is 13.2. The third kappa shape index (κ3) is 4.69. The lowest BCUT2D eigenvalue weighted by Crippen LogP contribution is -2.36. The number of carbonyl (C=O) groups excluding carboxylic acids is 1. The molecule has 1 amide bonds. The van der Waals surface area contributed by atoms with Crippen LogP contribution < -0.4 is 9.64 Å². The van der Waals surface area contributed by atoms with Crippen LogP contribution in [0.4, 0.5) is 18.3 Å². The highest BCUT2D eigenvalue weighted by Gasteiger charge is 2.32. The third-order valence-electron chi connectivity index (χ3n) is 4.35. The molecule has 0 aliphatic rings. The minimum Gasteiger partial charge on any atom is -0.494 e. The molecule has 10 heteroatoms.